The lowest BCUT2D eigenvalue weighted by Gasteiger charge is -2.34. The second kappa shape index (κ2) is 6.61. The molecule has 112 valence electrons. The van der Waals surface area contributed by atoms with E-state index in [9.17, 15) is 8.78 Å². The van der Waals surface area contributed by atoms with Gasteiger partial charge in [-0.25, -0.2) is 8.78 Å². The second-order valence-corrected chi connectivity index (χ2v) is 5.32. The second-order valence-electron chi connectivity index (χ2n) is 5.32. The fourth-order valence-corrected chi connectivity index (χ4v) is 2.93. The lowest BCUT2D eigenvalue weighted by Crippen LogP contribution is -2.42. The lowest BCUT2D eigenvalue weighted by molar-refractivity contribution is 0.0685. The van der Waals surface area contributed by atoms with Gasteiger partial charge in [0, 0.05) is 30.8 Å². The molecule has 2 rings (SSSR count). The van der Waals surface area contributed by atoms with Crippen LogP contribution in [0.3, 0.4) is 0 Å². The molecule has 0 aromatic heterocycles. The maximum atomic E-state index is 12.8. The van der Waals surface area contributed by atoms with Gasteiger partial charge in [0.2, 0.25) is 0 Å². The molecule has 1 fully saturated rings. The van der Waals surface area contributed by atoms with Crippen molar-refractivity contribution in [3.8, 4) is 0 Å². The molecule has 0 radical (unpaired) electrons. The van der Waals surface area contributed by atoms with Gasteiger partial charge in [-0.3, -0.25) is 4.90 Å². The van der Waals surface area contributed by atoms with Gasteiger partial charge in [-0.2, -0.15) is 0 Å². The summed E-state index contributed by atoms with van der Waals surface area (Å²) in [5.74, 6) is 0. The molecule has 1 heterocycles. The lowest BCUT2D eigenvalue weighted by atomic mass is 10.00. The molecule has 0 spiro atoms. The molecular weight excluding hydrogens is 262 g/mol. The number of ether oxygens (including phenoxy) is 1. The number of halogens is 2. The van der Waals surface area contributed by atoms with E-state index in [1.165, 1.54) is 6.07 Å². The number of rotatable bonds is 5. The fraction of sp³-hybridized carbons (Fsp3) is 0.600. The van der Waals surface area contributed by atoms with Crippen LogP contribution in [0.5, 0.6) is 0 Å². The van der Waals surface area contributed by atoms with Crippen molar-refractivity contribution in [2.45, 2.75) is 38.0 Å². The van der Waals surface area contributed by atoms with Gasteiger partial charge in [0.1, 0.15) is 0 Å². The molecular formula is C15H22F2N2O. The van der Waals surface area contributed by atoms with Crippen LogP contribution in [0.15, 0.2) is 24.3 Å². The molecule has 0 aliphatic carbocycles. The predicted molar refractivity (Wildman–Crippen MR) is 74.8 cm³/mol. The number of hydrogen-bond acceptors (Lipinski definition) is 3. The minimum Gasteiger partial charge on any atom is -0.377 e. The zero-order chi connectivity index (χ0) is 14.7. The van der Waals surface area contributed by atoms with Crippen LogP contribution in [0.2, 0.25) is 0 Å². The van der Waals surface area contributed by atoms with Crippen molar-refractivity contribution in [2.24, 2.45) is 5.73 Å². The third-order valence-corrected chi connectivity index (χ3v) is 4.12. The van der Waals surface area contributed by atoms with Gasteiger partial charge < -0.3 is 10.5 Å². The van der Waals surface area contributed by atoms with E-state index in [2.05, 4.69) is 4.90 Å². The van der Waals surface area contributed by atoms with Crippen LogP contribution in [0.4, 0.5) is 8.78 Å². The smallest absolute Gasteiger partial charge is 0.263 e. The summed E-state index contributed by atoms with van der Waals surface area (Å²) in [6.45, 7) is 3.17. The van der Waals surface area contributed by atoms with Crippen molar-refractivity contribution < 1.29 is 13.5 Å². The van der Waals surface area contributed by atoms with E-state index < -0.39 is 6.43 Å². The molecule has 1 aromatic carbocycles. The SMILES string of the molecule is CC1OCCC1N(C)C(CN)c1cccc(C(F)F)c1. The van der Waals surface area contributed by atoms with Crippen molar-refractivity contribution >= 4 is 0 Å². The molecule has 20 heavy (non-hydrogen) atoms. The van der Waals surface area contributed by atoms with Crippen molar-refractivity contribution in [3.63, 3.8) is 0 Å². The zero-order valence-electron chi connectivity index (χ0n) is 11.9. The summed E-state index contributed by atoms with van der Waals surface area (Å²) in [5, 5.41) is 0. The van der Waals surface area contributed by atoms with E-state index in [4.69, 9.17) is 10.5 Å². The maximum Gasteiger partial charge on any atom is 0.263 e. The first-order valence-corrected chi connectivity index (χ1v) is 6.96. The summed E-state index contributed by atoms with van der Waals surface area (Å²) in [4.78, 5) is 2.16. The highest BCUT2D eigenvalue weighted by Gasteiger charge is 2.32. The van der Waals surface area contributed by atoms with Crippen LogP contribution < -0.4 is 5.73 Å². The van der Waals surface area contributed by atoms with Gasteiger partial charge >= 0.3 is 0 Å². The standard InChI is InChI=1S/C15H22F2N2O/c1-10-13(6-7-20-10)19(2)14(9-18)11-4-3-5-12(8-11)15(16)17/h3-5,8,10,13-15H,6-7,9,18H2,1-2H3. The van der Waals surface area contributed by atoms with Crippen molar-refractivity contribution in [3.05, 3.63) is 35.4 Å². The van der Waals surface area contributed by atoms with Crippen LogP contribution in [0, 0.1) is 0 Å². The fourth-order valence-electron chi connectivity index (χ4n) is 2.93. The zero-order valence-corrected chi connectivity index (χ0v) is 11.9. The summed E-state index contributed by atoms with van der Waals surface area (Å²) < 4.78 is 31.2. The quantitative estimate of drug-likeness (QED) is 0.903. The van der Waals surface area contributed by atoms with Crippen LogP contribution in [0.25, 0.3) is 0 Å². The molecule has 0 amide bonds. The van der Waals surface area contributed by atoms with Crippen LogP contribution in [-0.2, 0) is 4.74 Å². The number of nitrogens with two attached hydrogens (primary N) is 1. The van der Waals surface area contributed by atoms with E-state index in [0.29, 0.717) is 6.54 Å². The van der Waals surface area contributed by atoms with Gasteiger partial charge in [0.05, 0.1) is 6.10 Å². The van der Waals surface area contributed by atoms with Gasteiger partial charge in [-0.1, -0.05) is 18.2 Å². The third-order valence-electron chi connectivity index (χ3n) is 4.12. The Morgan fingerprint density at radius 2 is 2.10 bits per heavy atom. The number of alkyl halides is 2. The normalized spacial score (nSPS) is 24.6. The Hall–Kier alpha value is -1.04. The van der Waals surface area contributed by atoms with Gasteiger partial charge in [-0.05, 0) is 32.0 Å². The highest BCUT2D eigenvalue weighted by atomic mass is 19.3. The predicted octanol–water partition coefficient (Wildman–Crippen LogP) is 2.73. The summed E-state index contributed by atoms with van der Waals surface area (Å²) >= 11 is 0. The topological polar surface area (TPSA) is 38.5 Å². The molecule has 0 saturated carbocycles. The molecule has 1 aliphatic rings. The number of hydrogen-bond donors (Lipinski definition) is 1. The molecule has 0 bridgehead atoms. The third kappa shape index (κ3) is 3.16. The first-order chi connectivity index (χ1) is 9.54. The molecule has 3 atom stereocenters. The van der Waals surface area contributed by atoms with Gasteiger partial charge in [0.25, 0.3) is 6.43 Å². The molecule has 1 aromatic rings. The van der Waals surface area contributed by atoms with Crippen molar-refractivity contribution in [2.75, 3.05) is 20.2 Å². The largest absolute Gasteiger partial charge is 0.377 e. The average molecular weight is 284 g/mol. The molecule has 3 nitrogen and oxygen atoms in total. The first-order valence-electron chi connectivity index (χ1n) is 6.96. The summed E-state index contributed by atoms with van der Waals surface area (Å²) in [6, 6.07) is 6.74. The van der Waals surface area contributed by atoms with E-state index in [0.717, 1.165) is 18.6 Å². The Balaban J connectivity index is 2.20. The average Bonchev–Trinajstić information content (AvgIpc) is 2.86. The van der Waals surface area contributed by atoms with E-state index >= 15 is 0 Å². The molecule has 1 aliphatic heterocycles. The molecule has 3 unspecified atom stereocenters. The maximum absolute atomic E-state index is 12.8. The Bertz CT molecular complexity index is 442. The number of benzene rings is 1. The first kappa shape index (κ1) is 15.4. The minimum absolute atomic E-state index is 0.0464. The Morgan fingerprint density at radius 1 is 1.40 bits per heavy atom. The Labute approximate surface area is 118 Å². The van der Waals surface area contributed by atoms with E-state index in [1.807, 2.05) is 20.0 Å². The number of nitrogens with zero attached hydrogens (tertiary/aromatic N) is 1. The van der Waals surface area contributed by atoms with Gasteiger partial charge in [0.15, 0.2) is 0 Å². The van der Waals surface area contributed by atoms with Crippen LogP contribution >= 0.6 is 0 Å². The van der Waals surface area contributed by atoms with Gasteiger partial charge in [-0.15, -0.1) is 0 Å². The monoisotopic (exact) mass is 284 g/mol. The van der Waals surface area contributed by atoms with E-state index in [-0.39, 0.29) is 23.8 Å². The highest BCUT2D eigenvalue weighted by Crippen LogP contribution is 2.29. The van der Waals surface area contributed by atoms with E-state index in [1.54, 1.807) is 12.1 Å². The summed E-state index contributed by atoms with van der Waals surface area (Å²) in [5.41, 5.74) is 6.76. The van der Waals surface area contributed by atoms with Crippen molar-refractivity contribution in [1.82, 2.24) is 4.90 Å². The molecule has 5 heteroatoms. The molecule has 1 saturated heterocycles. The van der Waals surface area contributed by atoms with Crippen LogP contribution in [0.1, 0.15) is 36.9 Å². The van der Waals surface area contributed by atoms with Crippen LogP contribution in [-0.4, -0.2) is 37.2 Å². The number of likely N-dealkylation sites (N-methyl/N-ethyl adjacent to an activating group) is 1. The highest BCUT2D eigenvalue weighted by molar-refractivity contribution is 5.27. The Morgan fingerprint density at radius 3 is 2.65 bits per heavy atom. The summed E-state index contributed by atoms with van der Waals surface area (Å²) in [6.07, 6.45) is -1.36. The van der Waals surface area contributed by atoms with Crippen molar-refractivity contribution in [1.29, 1.82) is 0 Å². The Kier molecular flexibility index (Phi) is 5.07. The summed E-state index contributed by atoms with van der Waals surface area (Å²) in [7, 11) is 1.99. The minimum atomic E-state index is -2.45. The molecule has 2 N–H and O–H groups in total.